The molecule has 0 radical (unpaired) electrons. The molecule has 0 aliphatic carbocycles. The van der Waals surface area contributed by atoms with Gasteiger partial charge in [0.05, 0.1) is 32.3 Å². The first kappa shape index (κ1) is 27.6. The molecule has 0 aromatic heterocycles. The second-order valence-electron chi connectivity index (χ2n) is 7.46. The highest BCUT2D eigenvalue weighted by Crippen LogP contribution is 2.38. The summed E-state index contributed by atoms with van der Waals surface area (Å²) < 4.78 is 79.8. The van der Waals surface area contributed by atoms with E-state index in [0.717, 1.165) is 36.4 Å². The van der Waals surface area contributed by atoms with Crippen LogP contribution >= 0.6 is 0 Å². The average Bonchev–Trinajstić information content (AvgIpc) is 2.82. The number of amides is 2. The van der Waals surface area contributed by atoms with Crippen LogP contribution in [0.1, 0.15) is 31.8 Å². The molecule has 3 rings (SSSR count). The van der Waals surface area contributed by atoms with Crippen molar-refractivity contribution in [2.75, 3.05) is 10.6 Å². The van der Waals surface area contributed by atoms with Crippen molar-refractivity contribution in [2.24, 2.45) is 0 Å². The monoisotopic (exact) mass is 542 g/mol. The molecule has 0 fully saturated rings. The van der Waals surface area contributed by atoms with Crippen LogP contribution in [0.4, 0.5) is 49.1 Å². The van der Waals surface area contributed by atoms with Gasteiger partial charge in [0.25, 0.3) is 23.2 Å². The summed E-state index contributed by atoms with van der Waals surface area (Å²) in [5.41, 5.74) is -6.70. The maximum atomic E-state index is 13.3. The first-order valence-corrected chi connectivity index (χ1v) is 10.0. The third kappa shape index (κ3) is 6.21. The van der Waals surface area contributed by atoms with E-state index in [9.17, 15) is 56.2 Å². The Bertz CT molecular complexity index is 1330. The Labute approximate surface area is 207 Å². The van der Waals surface area contributed by atoms with Gasteiger partial charge < -0.3 is 10.6 Å². The minimum atomic E-state index is -5.04. The van der Waals surface area contributed by atoms with Gasteiger partial charge in [-0.05, 0) is 36.4 Å². The van der Waals surface area contributed by atoms with Crippen molar-refractivity contribution in [3.8, 4) is 0 Å². The molecule has 16 heteroatoms. The van der Waals surface area contributed by atoms with Crippen molar-refractivity contribution >= 4 is 34.6 Å². The van der Waals surface area contributed by atoms with Crippen LogP contribution in [0, 0.1) is 20.2 Å². The minimum Gasteiger partial charge on any atom is -0.321 e. The summed E-state index contributed by atoms with van der Waals surface area (Å²) in [6.45, 7) is 0. The van der Waals surface area contributed by atoms with Crippen LogP contribution in [0.15, 0.2) is 60.7 Å². The lowest BCUT2D eigenvalue weighted by atomic mass is 10.1. The molecule has 0 saturated heterocycles. The molecule has 0 bridgehead atoms. The number of nitro groups is 2. The molecule has 198 valence electrons. The molecule has 2 amide bonds. The van der Waals surface area contributed by atoms with Crippen molar-refractivity contribution in [3.05, 3.63) is 103 Å². The predicted molar refractivity (Wildman–Crippen MR) is 119 cm³/mol. The number of halogens is 6. The Morgan fingerprint density at radius 1 is 0.605 bits per heavy atom. The van der Waals surface area contributed by atoms with Crippen molar-refractivity contribution in [3.63, 3.8) is 0 Å². The highest BCUT2D eigenvalue weighted by Gasteiger charge is 2.37. The van der Waals surface area contributed by atoms with Gasteiger partial charge in [0, 0.05) is 35.4 Å². The molecule has 0 heterocycles. The van der Waals surface area contributed by atoms with Crippen molar-refractivity contribution in [2.45, 2.75) is 12.4 Å². The summed E-state index contributed by atoms with van der Waals surface area (Å²) in [6, 6.07) is 7.41. The quantitative estimate of drug-likeness (QED) is 0.221. The van der Waals surface area contributed by atoms with E-state index < -0.39 is 67.9 Å². The van der Waals surface area contributed by atoms with E-state index in [-0.39, 0.29) is 23.3 Å². The van der Waals surface area contributed by atoms with Gasteiger partial charge in [-0.25, -0.2) is 0 Å². The molecule has 0 spiro atoms. The smallest absolute Gasteiger partial charge is 0.321 e. The second-order valence-corrected chi connectivity index (χ2v) is 7.46. The van der Waals surface area contributed by atoms with E-state index in [1.165, 1.54) is 0 Å². The number of nitrogens with zero attached hydrogens (tertiary/aromatic N) is 2. The lowest BCUT2D eigenvalue weighted by molar-refractivity contribution is -0.385. The zero-order valence-electron chi connectivity index (χ0n) is 18.4. The van der Waals surface area contributed by atoms with Crippen LogP contribution in [0.2, 0.25) is 0 Å². The number of hydrogen-bond acceptors (Lipinski definition) is 6. The molecular weight excluding hydrogens is 530 g/mol. The summed E-state index contributed by atoms with van der Waals surface area (Å²) in [5.74, 6) is -2.16. The number of carbonyl (C=O) groups is 2. The van der Waals surface area contributed by atoms with Gasteiger partial charge in [-0.3, -0.25) is 29.8 Å². The van der Waals surface area contributed by atoms with Gasteiger partial charge in [-0.2, -0.15) is 26.3 Å². The molecule has 3 aromatic carbocycles. The normalized spacial score (nSPS) is 11.5. The van der Waals surface area contributed by atoms with Gasteiger partial charge in [0.15, 0.2) is 0 Å². The molecular formula is C22H12F6N4O6. The SMILES string of the molecule is O=C(Nc1ccc([N+](=O)[O-])cc1C(F)(F)F)c1ccc(C(=O)Nc2ccc([N+](=O)[O-])cc2C(F)(F)F)cc1. The van der Waals surface area contributed by atoms with Gasteiger partial charge in [-0.1, -0.05) is 0 Å². The second kappa shape index (κ2) is 10.2. The Morgan fingerprint density at radius 2 is 0.921 bits per heavy atom. The van der Waals surface area contributed by atoms with Gasteiger partial charge in [0.2, 0.25) is 0 Å². The fourth-order valence-corrected chi connectivity index (χ4v) is 3.14. The van der Waals surface area contributed by atoms with Crippen LogP contribution in [-0.4, -0.2) is 21.7 Å². The molecule has 0 saturated carbocycles. The highest BCUT2D eigenvalue weighted by molar-refractivity contribution is 6.07. The molecule has 0 atom stereocenters. The lowest BCUT2D eigenvalue weighted by Crippen LogP contribution is -2.18. The van der Waals surface area contributed by atoms with E-state index in [4.69, 9.17) is 0 Å². The number of nitro benzene ring substituents is 2. The summed E-state index contributed by atoms with van der Waals surface area (Å²) >= 11 is 0. The Kier molecular flexibility index (Phi) is 7.37. The minimum absolute atomic E-state index is 0.246. The summed E-state index contributed by atoms with van der Waals surface area (Å²) in [5, 5.41) is 25.5. The molecule has 3 aromatic rings. The first-order chi connectivity index (χ1) is 17.6. The number of alkyl halides is 6. The number of carbonyl (C=O) groups excluding carboxylic acids is 2. The van der Waals surface area contributed by atoms with Crippen LogP contribution in [0.25, 0.3) is 0 Å². The Morgan fingerprint density at radius 3 is 1.18 bits per heavy atom. The first-order valence-electron chi connectivity index (χ1n) is 10.0. The predicted octanol–water partition coefficient (Wildman–Crippen LogP) is 6.05. The highest BCUT2D eigenvalue weighted by atomic mass is 19.4. The molecule has 2 N–H and O–H groups in total. The average molecular weight is 542 g/mol. The lowest BCUT2D eigenvalue weighted by Gasteiger charge is -2.14. The maximum absolute atomic E-state index is 13.3. The fourth-order valence-electron chi connectivity index (χ4n) is 3.14. The number of non-ortho nitro benzene ring substituents is 2. The number of rotatable bonds is 6. The maximum Gasteiger partial charge on any atom is 0.418 e. The molecule has 10 nitrogen and oxygen atoms in total. The number of hydrogen-bond donors (Lipinski definition) is 2. The van der Waals surface area contributed by atoms with Crippen LogP contribution in [0.5, 0.6) is 0 Å². The molecule has 0 aliphatic heterocycles. The third-order valence-electron chi connectivity index (χ3n) is 4.94. The third-order valence-corrected chi connectivity index (χ3v) is 4.94. The zero-order valence-corrected chi connectivity index (χ0v) is 18.4. The van der Waals surface area contributed by atoms with Crippen LogP contribution in [0.3, 0.4) is 0 Å². The molecule has 38 heavy (non-hydrogen) atoms. The summed E-state index contributed by atoms with van der Waals surface area (Å²) in [4.78, 5) is 44.3. The van der Waals surface area contributed by atoms with Crippen molar-refractivity contribution < 1.29 is 45.8 Å². The number of benzene rings is 3. The van der Waals surface area contributed by atoms with Gasteiger partial charge in [0.1, 0.15) is 0 Å². The van der Waals surface area contributed by atoms with Gasteiger partial charge >= 0.3 is 12.4 Å². The fraction of sp³-hybridized carbons (Fsp3) is 0.0909. The van der Waals surface area contributed by atoms with Crippen molar-refractivity contribution in [1.82, 2.24) is 0 Å². The van der Waals surface area contributed by atoms with E-state index >= 15 is 0 Å². The largest absolute Gasteiger partial charge is 0.418 e. The van der Waals surface area contributed by atoms with Crippen LogP contribution < -0.4 is 10.6 Å². The van der Waals surface area contributed by atoms with Gasteiger partial charge in [-0.15, -0.1) is 0 Å². The number of nitrogens with one attached hydrogen (secondary N) is 2. The topological polar surface area (TPSA) is 144 Å². The van der Waals surface area contributed by atoms with Crippen molar-refractivity contribution in [1.29, 1.82) is 0 Å². The van der Waals surface area contributed by atoms with E-state index in [2.05, 4.69) is 0 Å². The molecule has 0 aliphatic rings. The standard InChI is InChI=1S/C22H12F6N4O6/c23-21(24,25)15-9-13(31(35)36)5-7-17(15)29-19(33)11-1-2-12(4-3-11)20(34)30-18-8-6-14(32(37)38)10-16(18)22(26,27)28/h1-10H,(H,29,33)(H,30,34). The number of anilines is 2. The van der Waals surface area contributed by atoms with E-state index in [1.807, 2.05) is 10.6 Å². The Hall–Kier alpha value is -5.02. The van der Waals surface area contributed by atoms with E-state index in [0.29, 0.717) is 12.1 Å². The molecule has 0 unspecified atom stereocenters. The summed E-state index contributed by atoms with van der Waals surface area (Å²) in [6.07, 6.45) is -10.1. The Balaban J connectivity index is 1.81. The van der Waals surface area contributed by atoms with E-state index in [1.54, 1.807) is 0 Å². The van der Waals surface area contributed by atoms with Crippen LogP contribution in [-0.2, 0) is 12.4 Å². The zero-order chi connectivity index (χ0) is 28.4. The summed E-state index contributed by atoms with van der Waals surface area (Å²) in [7, 11) is 0.